The van der Waals surface area contributed by atoms with Crippen LogP contribution in [0, 0.1) is 0 Å². The second kappa shape index (κ2) is 2.92. The van der Waals surface area contributed by atoms with Gasteiger partial charge < -0.3 is 10.5 Å². The molecule has 0 fully saturated rings. The van der Waals surface area contributed by atoms with Crippen LogP contribution in [0.4, 0.5) is 5.69 Å². The Morgan fingerprint density at radius 2 is 2.50 bits per heavy atom. The maximum atomic E-state index is 6.88. The normalized spacial score (nSPS) is 15.1. The van der Waals surface area contributed by atoms with Gasteiger partial charge in [-0.2, -0.15) is 0 Å². The number of anilines is 1. The van der Waals surface area contributed by atoms with Crippen LogP contribution in [0.1, 0.15) is 4.11 Å². The fourth-order valence-corrected chi connectivity index (χ4v) is 0.937. The van der Waals surface area contributed by atoms with Gasteiger partial charge in [0, 0.05) is 4.47 Å². The lowest BCUT2D eigenvalue weighted by molar-refractivity contribution is 0.416. The molecule has 0 radical (unpaired) electrons. The summed E-state index contributed by atoms with van der Waals surface area (Å²) in [5, 5.41) is 0. The van der Waals surface area contributed by atoms with Gasteiger partial charge in [-0.15, -0.1) is 0 Å². The summed E-state index contributed by atoms with van der Waals surface area (Å²) in [7, 11) is -2.46. The fraction of sp³-hybridized carbons (Fsp3) is 0.143. The third-order valence-corrected chi connectivity index (χ3v) is 1.58. The van der Waals surface area contributed by atoms with Crippen molar-refractivity contribution in [1.29, 1.82) is 0 Å². The van der Waals surface area contributed by atoms with E-state index >= 15 is 0 Å². The van der Waals surface area contributed by atoms with Gasteiger partial charge in [0.15, 0.2) is 0 Å². The lowest BCUT2D eigenvalue weighted by Gasteiger charge is -2.02. The van der Waals surface area contributed by atoms with E-state index < -0.39 is 7.04 Å². The summed E-state index contributed by atoms with van der Waals surface area (Å²) >= 11 is 3.18. The van der Waals surface area contributed by atoms with Crippen LogP contribution in [0.3, 0.4) is 0 Å². The van der Waals surface area contributed by atoms with E-state index in [1.54, 1.807) is 12.1 Å². The van der Waals surface area contributed by atoms with Crippen molar-refractivity contribution in [1.82, 2.24) is 0 Å². The summed E-state index contributed by atoms with van der Waals surface area (Å²) in [5.74, 6) is 0.161. The molecule has 1 rings (SSSR count). The molecule has 0 amide bonds. The molecule has 3 heteroatoms. The largest absolute Gasteiger partial charge is 0.495 e. The average Bonchev–Trinajstić information content (AvgIpc) is 1.94. The Hall–Kier alpha value is -0.700. The molecule has 0 heterocycles. The molecule has 0 aromatic heterocycles. The summed E-state index contributed by atoms with van der Waals surface area (Å²) < 4.78 is 26.0. The number of hydrogen-bond donors (Lipinski definition) is 1. The number of nitrogens with two attached hydrogens (primary N) is 1. The predicted octanol–water partition coefficient (Wildman–Crippen LogP) is 2.04. The molecule has 0 saturated heterocycles. The smallest absolute Gasteiger partial charge is 0.142 e. The summed E-state index contributed by atoms with van der Waals surface area (Å²) in [6, 6.07) is 4.80. The summed E-state index contributed by atoms with van der Waals surface area (Å²) in [6.45, 7) is 0. The first-order valence-corrected chi connectivity index (χ1v) is 3.42. The number of benzene rings is 1. The maximum Gasteiger partial charge on any atom is 0.142 e. The molecule has 1 aromatic carbocycles. The molecule has 2 N–H and O–H groups in total. The van der Waals surface area contributed by atoms with E-state index in [2.05, 4.69) is 20.7 Å². The number of hydrogen-bond acceptors (Lipinski definition) is 2. The highest BCUT2D eigenvalue weighted by atomic mass is 79.9. The van der Waals surface area contributed by atoms with E-state index in [0.717, 1.165) is 4.47 Å². The molecule has 10 heavy (non-hydrogen) atoms. The Balaban J connectivity index is 2.94. The van der Waals surface area contributed by atoms with E-state index in [-0.39, 0.29) is 5.75 Å². The summed E-state index contributed by atoms with van der Waals surface area (Å²) in [5.41, 5.74) is 5.81. The Kier molecular flexibility index (Phi) is 1.24. The van der Waals surface area contributed by atoms with E-state index in [1.807, 2.05) is 0 Å². The van der Waals surface area contributed by atoms with Crippen LogP contribution in [0.2, 0.25) is 0 Å². The SMILES string of the molecule is [2H]C([2H])([2H])Oc1cc(Br)ccc1N. The number of nitrogen functional groups attached to an aromatic ring is 1. The minimum atomic E-state index is -2.46. The van der Waals surface area contributed by atoms with Crippen LogP contribution in [-0.4, -0.2) is 7.04 Å². The molecular formula is C7H8BrNO. The minimum absolute atomic E-state index is 0.161. The monoisotopic (exact) mass is 204 g/mol. The molecule has 0 aliphatic heterocycles. The van der Waals surface area contributed by atoms with Crippen molar-refractivity contribution in [2.45, 2.75) is 0 Å². The van der Waals surface area contributed by atoms with Crippen molar-refractivity contribution in [3.63, 3.8) is 0 Å². The van der Waals surface area contributed by atoms with Crippen LogP contribution in [-0.2, 0) is 0 Å². The zero-order valence-electron chi connectivity index (χ0n) is 8.10. The van der Waals surface area contributed by atoms with Gasteiger partial charge in [-0.05, 0) is 18.2 Å². The molecular weight excluding hydrogens is 194 g/mol. The van der Waals surface area contributed by atoms with Crippen LogP contribution in [0.15, 0.2) is 22.7 Å². The number of halogens is 1. The Labute approximate surface area is 72.3 Å². The fourth-order valence-electron chi connectivity index (χ4n) is 0.597. The van der Waals surface area contributed by atoms with Crippen LogP contribution >= 0.6 is 15.9 Å². The van der Waals surface area contributed by atoms with Crippen molar-refractivity contribution in [2.75, 3.05) is 12.8 Å². The van der Waals surface area contributed by atoms with E-state index in [9.17, 15) is 0 Å². The molecule has 0 saturated carbocycles. The molecule has 54 valence electrons. The zero-order valence-corrected chi connectivity index (χ0v) is 6.68. The molecule has 0 aliphatic rings. The zero-order chi connectivity index (χ0) is 10.1. The Morgan fingerprint density at radius 3 is 3.20 bits per heavy atom. The van der Waals surface area contributed by atoms with Gasteiger partial charge in [0.1, 0.15) is 5.75 Å². The molecule has 0 spiro atoms. The van der Waals surface area contributed by atoms with Gasteiger partial charge in [0.25, 0.3) is 0 Å². The number of methoxy groups -OCH3 is 1. The highest BCUT2D eigenvalue weighted by Gasteiger charge is 1.96. The van der Waals surface area contributed by atoms with Crippen molar-refractivity contribution >= 4 is 21.6 Å². The number of rotatable bonds is 1. The average molecular weight is 205 g/mol. The molecule has 0 unspecified atom stereocenters. The van der Waals surface area contributed by atoms with Gasteiger partial charge in [-0.3, -0.25) is 0 Å². The highest BCUT2D eigenvalue weighted by Crippen LogP contribution is 2.24. The number of ether oxygens (including phenoxy) is 1. The second-order valence-corrected chi connectivity index (χ2v) is 2.70. The Morgan fingerprint density at radius 1 is 1.70 bits per heavy atom. The van der Waals surface area contributed by atoms with Gasteiger partial charge in [0.2, 0.25) is 0 Å². The van der Waals surface area contributed by atoms with E-state index in [1.165, 1.54) is 6.07 Å². The van der Waals surface area contributed by atoms with E-state index in [4.69, 9.17) is 9.85 Å². The van der Waals surface area contributed by atoms with Crippen molar-refractivity contribution in [3.8, 4) is 5.75 Å². The first-order valence-electron chi connectivity index (χ1n) is 4.12. The molecule has 2 nitrogen and oxygen atoms in total. The summed E-state index contributed by atoms with van der Waals surface area (Å²) in [6.07, 6.45) is 0. The first kappa shape index (κ1) is 4.23. The molecule has 0 aliphatic carbocycles. The second-order valence-electron chi connectivity index (χ2n) is 1.78. The van der Waals surface area contributed by atoms with Crippen molar-refractivity contribution < 1.29 is 8.85 Å². The van der Waals surface area contributed by atoms with Gasteiger partial charge in [0.05, 0.1) is 16.8 Å². The quantitative estimate of drug-likeness (QED) is 0.712. The van der Waals surface area contributed by atoms with Crippen molar-refractivity contribution in [3.05, 3.63) is 22.7 Å². The molecule has 1 aromatic rings. The maximum absolute atomic E-state index is 6.88. The predicted molar refractivity (Wildman–Crippen MR) is 45.1 cm³/mol. The highest BCUT2D eigenvalue weighted by molar-refractivity contribution is 9.10. The van der Waals surface area contributed by atoms with Crippen LogP contribution < -0.4 is 10.5 Å². The lowest BCUT2D eigenvalue weighted by Crippen LogP contribution is -1.90. The molecule has 0 bridgehead atoms. The standard InChI is InChI=1S/C7H8BrNO/c1-10-7-4-5(8)2-3-6(7)9/h2-4H,9H2,1H3/i1D3. The lowest BCUT2D eigenvalue weighted by atomic mass is 10.3. The van der Waals surface area contributed by atoms with Crippen LogP contribution in [0.25, 0.3) is 0 Å². The van der Waals surface area contributed by atoms with Crippen LogP contribution in [0.5, 0.6) is 5.75 Å². The van der Waals surface area contributed by atoms with Crippen molar-refractivity contribution in [2.24, 2.45) is 0 Å². The minimum Gasteiger partial charge on any atom is -0.495 e. The van der Waals surface area contributed by atoms with Gasteiger partial charge in [-0.1, -0.05) is 15.9 Å². The summed E-state index contributed by atoms with van der Waals surface area (Å²) in [4.78, 5) is 0. The Bertz CT molecular complexity index is 313. The van der Waals surface area contributed by atoms with Gasteiger partial charge >= 0.3 is 0 Å². The third kappa shape index (κ3) is 1.42. The third-order valence-electron chi connectivity index (χ3n) is 1.09. The van der Waals surface area contributed by atoms with Gasteiger partial charge in [-0.25, -0.2) is 0 Å². The first-order chi connectivity index (χ1) is 5.88. The van der Waals surface area contributed by atoms with E-state index in [0.29, 0.717) is 5.69 Å². The molecule has 0 atom stereocenters. The topological polar surface area (TPSA) is 35.2 Å².